The molecule has 0 saturated carbocycles. The van der Waals surface area contributed by atoms with Gasteiger partial charge in [0.25, 0.3) is 0 Å². The Morgan fingerprint density at radius 2 is 1.83 bits per heavy atom. The quantitative estimate of drug-likeness (QED) is 0.355. The highest BCUT2D eigenvalue weighted by molar-refractivity contribution is 5.56. The number of allylic oxidation sites excluding steroid dienone is 9. The topological polar surface area (TPSA) is 29.3 Å². The number of likely N-dealkylation sites (N-methyl/N-ethyl adjacent to an activating group) is 1. The SMILES string of the molecule is C=C(/C(F)=C\C)/C(=C(/C=C(/F)CC)C(\C=C/C)=C/CC)N(C)N. The molecule has 2 N–H and O–H groups in total. The van der Waals surface area contributed by atoms with E-state index in [4.69, 9.17) is 5.84 Å². The van der Waals surface area contributed by atoms with Crippen molar-refractivity contribution in [3.63, 3.8) is 0 Å². The minimum atomic E-state index is -0.489. The Hall–Kier alpha value is -1.94. The van der Waals surface area contributed by atoms with Crippen LogP contribution in [0.15, 0.2) is 71.0 Å². The zero-order chi connectivity index (χ0) is 18.0. The van der Waals surface area contributed by atoms with Crippen molar-refractivity contribution >= 4 is 0 Å². The van der Waals surface area contributed by atoms with Crippen LogP contribution in [0.5, 0.6) is 0 Å². The first kappa shape index (κ1) is 21.1. The average molecular weight is 322 g/mol. The number of hydrogen-bond donors (Lipinski definition) is 1. The molecule has 0 radical (unpaired) electrons. The van der Waals surface area contributed by atoms with Crippen molar-refractivity contribution < 1.29 is 8.78 Å². The van der Waals surface area contributed by atoms with E-state index in [2.05, 4.69) is 6.58 Å². The fourth-order valence-electron chi connectivity index (χ4n) is 2.07. The Morgan fingerprint density at radius 3 is 2.22 bits per heavy atom. The van der Waals surface area contributed by atoms with Crippen LogP contribution in [0.25, 0.3) is 0 Å². The second kappa shape index (κ2) is 10.7. The summed E-state index contributed by atoms with van der Waals surface area (Å²) in [5.41, 5.74) is 1.76. The fourth-order valence-corrected chi connectivity index (χ4v) is 2.07. The molecule has 23 heavy (non-hydrogen) atoms. The van der Waals surface area contributed by atoms with Gasteiger partial charge in [0.2, 0.25) is 0 Å². The fraction of sp³-hybridized carbons (Fsp3) is 0.368. The summed E-state index contributed by atoms with van der Waals surface area (Å²) in [5, 5.41) is 1.27. The maximum Gasteiger partial charge on any atom is 0.127 e. The number of hydrazine groups is 1. The molecule has 0 unspecified atom stereocenters. The molecule has 0 aliphatic heterocycles. The van der Waals surface area contributed by atoms with Gasteiger partial charge in [-0.1, -0.05) is 44.7 Å². The van der Waals surface area contributed by atoms with Crippen LogP contribution in [0.1, 0.15) is 40.5 Å². The molecular weight excluding hydrogens is 294 g/mol. The smallest absolute Gasteiger partial charge is 0.127 e. The molecule has 0 fully saturated rings. The van der Waals surface area contributed by atoms with Crippen LogP contribution in [0, 0.1) is 0 Å². The van der Waals surface area contributed by atoms with Crippen molar-refractivity contribution in [3.05, 3.63) is 71.0 Å². The summed E-state index contributed by atoms with van der Waals surface area (Å²) < 4.78 is 28.0. The Kier molecular flexibility index (Phi) is 9.83. The van der Waals surface area contributed by atoms with Crippen LogP contribution in [-0.2, 0) is 0 Å². The highest BCUT2D eigenvalue weighted by Crippen LogP contribution is 2.29. The third-order valence-corrected chi connectivity index (χ3v) is 3.16. The molecular formula is C19H28F2N2. The summed E-state index contributed by atoms with van der Waals surface area (Å²) in [7, 11) is 1.58. The molecule has 0 heterocycles. The van der Waals surface area contributed by atoms with Crippen LogP contribution in [-0.4, -0.2) is 12.1 Å². The molecule has 0 atom stereocenters. The van der Waals surface area contributed by atoms with Crippen molar-refractivity contribution in [3.8, 4) is 0 Å². The predicted molar refractivity (Wildman–Crippen MR) is 95.7 cm³/mol. The van der Waals surface area contributed by atoms with Gasteiger partial charge >= 0.3 is 0 Å². The van der Waals surface area contributed by atoms with Gasteiger partial charge in [0.15, 0.2) is 0 Å². The number of halogens is 2. The monoisotopic (exact) mass is 322 g/mol. The summed E-state index contributed by atoms with van der Waals surface area (Å²) >= 11 is 0. The number of nitrogens with two attached hydrogens (primary N) is 1. The highest BCUT2D eigenvalue weighted by atomic mass is 19.1. The van der Waals surface area contributed by atoms with E-state index in [0.717, 1.165) is 12.0 Å². The van der Waals surface area contributed by atoms with E-state index in [9.17, 15) is 8.78 Å². The van der Waals surface area contributed by atoms with Crippen LogP contribution in [0.3, 0.4) is 0 Å². The maximum atomic E-state index is 14.0. The van der Waals surface area contributed by atoms with E-state index in [0.29, 0.717) is 11.3 Å². The van der Waals surface area contributed by atoms with Gasteiger partial charge in [0, 0.05) is 18.2 Å². The Morgan fingerprint density at radius 1 is 1.22 bits per heavy atom. The molecule has 0 bridgehead atoms. The van der Waals surface area contributed by atoms with Gasteiger partial charge in [-0.05, 0) is 38.3 Å². The summed E-state index contributed by atoms with van der Waals surface area (Å²) in [6.07, 6.45) is 9.35. The molecule has 4 heteroatoms. The van der Waals surface area contributed by atoms with Crippen molar-refractivity contribution in [2.75, 3.05) is 7.05 Å². The van der Waals surface area contributed by atoms with Gasteiger partial charge in [-0.15, -0.1) is 0 Å². The van der Waals surface area contributed by atoms with Crippen molar-refractivity contribution in [1.29, 1.82) is 0 Å². The molecule has 0 aliphatic rings. The molecule has 0 aromatic rings. The lowest BCUT2D eigenvalue weighted by Gasteiger charge is -2.22. The minimum absolute atomic E-state index is 0.124. The first-order valence-corrected chi connectivity index (χ1v) is 7.77. The second-order valence-corrected chi connectivity index (χ2v) is 5.00. The summed E-state index contributed by atoms with van der Waals surface area (Å²) in [6.45, 7) is 10.9. The van der Waals surface area contributed by atoms with Crippen LogP contribution in [0.4, 0.5) is 8.78 Å². The Bertz CT molecular complexity index is 562. The minimum Gasteiger partial charge on any atom is -0.313 e. The maximum absolute atomic E-state index is 14.0. The van der Waals surface area contributed by atoms with E-state index < -0.39 is 5.83 Å². The highest BCUT2D eigenvalue weighted by Gasteiger charge is 2.17. The molecule has 128 valence electrons. The number of nitrogens with zero attached hydrogens (tertiary/aromatic N) is 1. The third kappa shape index (κ3) is 6.37. The lowest BCUT2D eigenvalue weighted by atomic mass is 9.96. The average Bonchev–Trinajstić information content (AvgIpc) is 2.52. The van der Waals surface area contributed by atoms with Crippen LogP contribution in [0.2, 0.25) is 0 Å². The first-order chi connectivity index (χ1) is 10.8. The van der Waals surface area contributed by atoms with Gasteiger partial charge in [-0.3, -0.25) is 0 Å². The molecule has 0 aromatic heterocycles. The molecule has 2 nitrogen and oxygen atoms in total. The van der Waals surface area contributed by atoms with Gasteiger partial charge in [-0.2, -0.15) is 0 Å². The van der Waals surface area contributed by atoms with Gasteiger partial charge < -0.3 is 5.01 Å². The van der Waals surface area contributed by atoms with Crippen LogP contribution >= 0.6 is 0 Å². The second-order valence-electron chi connectivity index (χ2n) is 5.00. The molecule has 0 aromatic carbocycles. The molecule has 0 rings (SSSR count). The normalized spacial score (nSPS) is 15.0. The van der Waals surface area contributed by atoms with Crippen molar-refractivity contribution in [2.45, 2.75) is 40.5 Å². The van der Waals surface area contributed by atoms with E-state index in [-0.39, 0.29) is 17.8 Å². The lowest BCUT2D eigenvalue weighted by Crippen LogP contribution is -2.28. The molecule has 0 amide bonds. The summed E-state index contributed by atoms with van der Waals surface area (Å²) in [6, 6.07) is 0. The lowest BCUT2D eigenvalue weighted by molar-refractivity contribution is 0.441. The van der Waals surface area contributed by atoms with E-state index in [1.165, 1.54) is 17.2 Å². The molecule has 0 spiro atoms. The van der Waals surface area contributed by atoms with Gasteiger partial charge in [-0.25, -0.2) is 14.6 Å². The first-order valence-electron chi connectivity index (χ1n) is 7.77. The predicted octanol–water partition coefficient (Wildman–Crippen LogP) is 5.65. The van der Waals surface area contributed by atoms with E-state index in [1.54, 1.807) is 20.9 Å². The Balaban J connectivity index is 6.64. The van der Waals surface area contributed by atoms with E-state index in [1.807, 2.05) is 32.1 Å². The van der Waals surface area contributed by atoms with E-state index >= 15 is 0 Å². The summed E-state index contributed by atoms with van der Waals surface area (Å²) in [4.78, 5) is 0. The number of rotatable bonds is 8. The Labute approximate surface area is 139 Å². The molecule has 0 aliphatic carbocycles. The van der Waals surface area contributed by atoms with Crippen LogP contribution < -0.4 is 5.84 Å². The molecule has 0 saturated heterocycles. The van der Waals surface area contributed by atoms with Gasteiger partial charge in [0.1, 0.15) is 11.7 Å². The third-order valence-electron chi connectivity index (χ3n) is 3.16. The van der Waals surface area contributed by atoms with Crippen molar-refractivity contribution in [2.24, 2.45) is 5.84 Å². The summed E-state index contributed by atoms with van der Waals surface area (Å²) in [5.74, 6) is 5.10. The zero-order valence-corrected chi connectivity index (χ0v) is 14.8. The van der Waals surface area contributed by atoms with Gasteiger partial charge in [0.05, 0.1) is 5.70 Å². The van der Waals surface area contributed by atoms with Crippen molar-refractivity contribution in [1.82, 2.24) is 5.01 Å². The largest absolute Gasteiger partial charge is 0.313 e. The zero-order valence-electron chi connectivity index (χ0n) is 14.8. The standard InChI is InChI=1S/C19H28F2N2/c1-7-11-15(12-8-2)17(13-16(20)9-3)19(23(6)22)14(5)18(21)10-4/h7,10-13H,5,8-9,22H2,1-4,6H3/b11-7-,15-12-,16-13+,18-10+,19-17+. The number of hydrogen-bond acceptors (Lipinski definition) is 2.